The molecule has 1 aliphatic carbocycles. The summed E-state index contributed by atoms with van der Waals surface area (Å²) < 4.78 is 45.6. The Kier molecular flexibility index (Phi) is 4.65. The molecule has 152 valence electrons. The molecule has 0 atom stereocenters. The number of ether oxygens (including phenoxy) is 1. The summed E-state index contributed by atoms with van der Waals surface area (Å²) in [6.07, 6.45) is -1.93. The Morgan fingerprint density at radius 2 is 2.07 bits per heavy atom. The summed E-state index contributed by atoms with van der Waals surface area (Å²) >= 11 is 0. The number of pyridine rings is 1. The molecule has 1 aromatic carbocycles. The van der Waals surface area contributed by atoms with Gasteiger partial charge in [-0.3, -0.25) is 9.48 Å². The van der Waals surface area contributed by atoms with Crippen molar-refractivity contribution in [2.75, 3.05) is 12.4 Å². The summed E-state index contributed by atoms with van der Waals surface area (Å²) in [5, 5.41) is 17.2. The number of methoxy groups -OCH3 is 1. The monoisotopic (exact) mass is 406 g/mol. The first-order chi connectivity index (χ1) is 13.7. The summed E-state index contributed by atoms with van der Waals surface area (Å²) in [4.78, 5) is 15.9. The molecule has 10 heteroatoms. The van der Waals surface area contributed by atoms with Gasteiger partial charge in [-0.25, -0.2) is 4.98 Å². The van der Waals surface area contributed by atoms with Gasteiger partial charge in [0.2, 0.25) is 0 Å². The summed E-state index contributed by atoms with van der Waals surface area (Å²) in [6.45, 7) is 0. The van der Waals surface area contributed by atoms with Crippen LogP contribution in [0.3, 0.4) is 0 Å². The molecule has 2 N–H and O–H groups in total. The first kappa shape index (κ1) is 19.2. The number of hydrogen-bond acceptors (Lipinski definition) is 5. The minimum atomic E-state index is -4.64. The van der Waals surface area contributed by atoms with Crippen molar-refractivity contribution in [3.63, 3.8) is 0 Å². The van der Waals surface area contributed by atoms with Crippen molar-refractivity contribution in [2.45, 2.75) is 31.2 Å². The lowest BCUT2D eigenvalue weighted by atomic mass is 9.90. The zero-order valence-electron chi connectivity index (χ0n) is 15.3. The molecule has 0 radical (unpaired) electrons. The lowest BCUT2D eigenvalue weighted by molar-refractivity contribution is -0.141. The average Bonchev–Trinajstić information content (AvgIpc) is 3.06. The molecule has 0 unspecified atom stereocenters. The van der Waals surface area contributed by atoms with Crippen molar-refractivity contribution >= 4 is 22.5 Å². The second kappa shape index (κ2) is 7.03. The first-order valence-electron chi connectivity index (χ1n) is 8.85. The fourth-order valence-corrected chi connectivity index (χ4v) is 3.21. The molecular weight excluding hydrogens is 389 g/mol. The lowest BCUT2D eigenvalue weighted by Gasteiger charge is -2.31. The van der Waals surface area contributed by atoms with Crippen LogP contribution in [0.25, 0.3) is 10.9 Å². The molecule has 2 aromatic heterocycles. The molecular formula is C19H17F3N4O3. The smallest absolute Gasteiger partial charge is 0.433 e. The van der Waals surface area contributed by atoms with E-state index in [9.17, 15) is 23.1 Å². The third-order valence-corrected chi connectivity index (χ3v) is 4.83. The fraction of sp³-hybridized carbons (Fsp3) is 0.316. The second-order valence-corrected chi connectivity index (χ2v) is 6.86. The number of aromatic nitrogens is 3. The molecule has 7 nitrogen and oxygen atoms in total. The summed E-state index contributed by atoms with van der Waals surface area (Å²) in [5.41, 5.74) is -0.575. The molecule has 1 amide bonds. The Morgan fingerprint density at radius 1 is 1.31 bits per heavy atom. The first-order valence-corrected chi connectivity index (χ1v) is 8.85. The van der Waals surface area contributed by atoms with Crippen LogP contribution in [0.1, 0.15) is 35.1 Å². The van der Waals surface area contributed by atoms with Crippen LogP contribution in [0.15, 0.2) is 36.5 Å². The van der Waals surface area contributed by atoms with Crippen molar-refractivity contribution in [3.8, 4) is 5.75 Å². The van der Waals surface area contributed by atoms with Crippen LogP contribution in [0.5, 0.6) is 5.75 Å². The number of halogens is 3. The number of alkyl halides is 3. The highest BCUT2D eigenvalue weighted by atomic mass is 19.4. The lowest BCUT2D eigenvalue weighted by Crippen LogP contribution is -2.30. The highest BCUT2D eigenvalue weighted by Gasteiger charge is 2.33. The van der Waals surface area contributed by atoms with Gasteiger partial charge in [0.1, 0.15) is 17.1 Å². The zero-order valence-corrected chi connectivity index (χ0v) is 15.3. The summed E-state index contributed by atoms with van der Waals surface area (Å²) in [7, 11) is 1.42. The molecule has 0 saturated heterocycles. The maximum absolute atomic E-state index is 12.8. The van der Waals surface area contributed by atoms with Crippen molar-refractivity contribution in [2.24, 2.45) is 0 Å². The topological polar surface area (TPSA) is 89.3 Å². The van der Waals surface area contributed by atoms with Gasteiger partial charge in [0.15, 0.2) is 0 Å². The van der Waals surface area contributed by atoms with Crippen molar-refractivity contribution < 1.29 is 27.8 Å². The quantitative estimate of drug-likeness (QED) is 0.693. The second-order valence-electron chi connectivity index (χ2n) is 6.86. The van der Waals surface area contributed by atoms with E-state index in [-0.39, 0.29) is 23.5 Å². The molecule has 1 aliphatic rings. The molecule has 4 rings (SSSR count). The standard InChI is InChI=1S/C19H17F3N4O3/c1-29-16-8-14-10(9-26(25-14)11-6-12(27)7-11)5-15(16)24-18(28)13-3-2-4-17(23-13)19(20,21)22/h2-5,8-9,11-12,27H,6-7H2,1H3,(H,24,28). The molecule has 29 heavy (non-hydrogen) atoms. The molecule has 1 saturated carbocycles. The van der Waals surface area contributed by atoms with Gasteiger partial charge in [-0.05, 0) is 31.0 Å². The SMILES string of the molecule is COc1cc2nn(C3CC(O)C3)cc2cc1NC(=O)c1cccc(C(F)(F)F)n1. The van der Waals surface area contributed by atoms with Gasteiger partial charge in [0.25, 0.3) is 5.91 Å². The van der Waals surface area contributed by atoms with Gasteiger partial charge in [0, 0.05) is 17.6 Å². The van der Waals surface area contributed by atoms with Crippen LogP contribution in [0.4, 0.5) is 18.9 Å². The number of carbonyl (C=O) groups excluding carboxylic acids is 1. The number of carbonyl (C=O) groups is 1. The minimum Gasteiger partial charge on any atom is -0.494 e. The third-order valence-electron chi connectivity index (χ3n) is 4.83. The fourth-order valence-electron chi connectivity index (χ4n) is 3.21. The molecule has 0 bridgehead atoms. The van der Waals surface area contributed by atoms with Crippen molar-refractivity contribution in [1.29, 1.82) is 0 Å². The number of benzene rings is 1. The Morgan fingerprint density at radius 3 is 2.72 bits per heavy atom. The third kappa shape index (κ3) is 3.75. The molecule has 3 aromatic rings. The predicted octanol–water partition coefficient (Wildman–Crippen LogP) is 3.41. The van der Waals surface area contributed by atoms with E-state index in [1.807, 2.05) is 0 Å². The van der Waals surface area contributed by atoms with Gasteiger partial charge in [0.05, 0.1) is 30.5 Å². The number of anilines is 1. The van der Waals surface area contributed by atoms with E-state index in [0.29, 0.717) is 24.1 Å². The molecule has 0 spiro atoms. The molecule has 0 aliphatic heterocycles. The average molecular weight is 406 g/mol. The maximum atomic E-state index is 12.8. The van der Waals surface area contributed by atoms with E-state index in [1.165, 1.54) is 13.2 Å². The Bertz CT molecular complexity index is 1070. The predicted molar refractivity (Wildman–Crippen MR) is 97.8 cm³/mol. The van der Waals surface area contributed by atoms with Crippen LogP contribution in [-0.2, 0) is 6.18 Å². The maximum Gasteiger partial charge on any atom is 0.433 e. The summed E-state index contributed by atoms with van der Waals surface area (Å²) in [5.74, 6) is -0.472. The van der Waals surface area contributed by atoms with Gasteiger partial charge in [-0.1, -0.05) is 6.07 Å². The van der Waals surface area contributed by atoms with E-state index in [2.05, 4.69) is 15.4 Å². The number of aliphatic hydroxyl groups is 1. The van der Waals surface area contributed by atoms with Gasteiger partial charge >= 0.3 is 6.18 Å². The minimum absolute atomic E-state index is 0.107. The van der Waals surface area contributed by atoms with E-state index in [1.54, 1.807) is 23.0 Å². The number of nitrogens with zero attached hydrogens (tertiary/aromatic N) is 3. The van der Waals surface area contributed by atoms with Crippen LogP contribution < -0.4 is 10.1 Å². The Balaban J connectivity index is 1.62. The highest BCUT2D eigenvalue weighted by Crippen LogP contribution is 2.35. The molecule has 2 heterocycles. The number of fused-ring (bicyclic) bond motifs is 1. The van der Waals surface area contributed by atoms with E-state index in [0.717, 1.165) is 17.5 Å². The van der Waals surface area contributed by atoms with Crippen LogP contribution in [0, 0.1) is 0 Å². The van der Waals surface area contributed by atoms with Crippen molar-refractivity contribution in [1.82, 2.24) is 14.8 Å². The largest absolute Gasteiger partial charge is 0.494 e. The number of nitrogens with one attached hydrogen (secondary N) is 1. The van der Waals surface area contributed by atoms with Gasteiger partial charge < -0.3 is 15.2 Å². The number of amides is 1. The van der Waals surface area contributed by atoms with Crippen LogP contribution in [0.2, 0.25) is 0 Å². The van der Waals surface area contributed by atoms with Crippen molar-refractivity contribution in [3.05, 3.63) is 47.9 Å². The van der Waals surface area contributed by atoms with E-state index >= 15 is 0 Å². The highest BCUT2D eigenvalue weighted by molar-refractivity contribution is 6.05. The van der Waals surface area contributed by atoms with Crippen LogP contribution >= 0.6 is 0 Å². The van der Waals surface area contributed by atoms with Gasteiger partial charge in [-0.2, -0.15) is 18.3 Å². The number of rotatable bonds is 4. The number of hydrogen-bond donors (Lipinski definition) is 2. The van der Waals surface area contributed by atoms with Crippen LogP contribution in [-0.4, -0.2) is 39.0 Å². The Hall–Kier alpha value is -3.14. The molecule has 1 fully saturated rings. The zero-order chi connectivity index (χ0) is 20.8. The van der Waals surface area contributed by atoms with Gasteiger partial charge in [-0.15, -0.1) is 0 Å². The van der Waals surface area contributed by atoms with E-state index in [4.69, 9.17) is 4.74 Å². The van der Waals surface area contributed by atoms with E-state index < -0.39 is 17.8 Å². The normalized spacial score (nSPS) is 19.1. The number of aliphatic hydroxyl groups excluding tert-OH is 1. The Labute approximate surface area is 163 Å². The summed E-state index contributed by atoms with van der Waals surface area (Å²) in [6, 6.07) is 6.51.